The minimum Gasteiger partial charge on any atom is -0.462 e. The fourth-order valence-corrected chi connectivity index (χ4v) is 1.63. The van der Waals surface area contributed by atoms with Gasteiger partial charge in [-0.1, -0.05) is 30.3 Å². The van der Waals surface area contributed by atoms with E-state index in [9.17, 15) is 9.59 Å². The number of benzene rings is 1. The lowest BCUT2D eigenvalue weighted by atomic mass is 10.0. The van der Waals surface area contributed by atoms with Gasteiger partial charge in [0, 0.05) is 0 Å². The van der Waals surface area contributed by atoms with E-state index in [2.05, 4.69) is 0 Å². The van der Waals surface area contributed by atoms with Crippen molar-refractivity contribution >= 4 is 17.5 Å². The molecular weight excluding hydrogens is 244 g/mol. The van der Waals surface area contributed by atoms with Crippen LogP contribution >= 0.6 is 0 Å². The predicted molar refractivity (Wildman–Crippen MR) is 72.3 cm³/mol. The van der Waals surface area contributed by atoms with Crippen LogP contribution in [0.5, 0.6) is 0 Å². The average Bonchev–Trinajstić information content (AvgIpc) is 2.40. The van der Waals surface area contributed by atoms with Gasteiger partial charge in [0.25, 0.3) is 0 Å². The largest absolute Gasteiger partial charge is 0.462 e. The second-order valence-electron chi connectivity index (χ2n) is 3.81. The molecule has 0 amide bonds. The molecule has 0 unspecified atom stereocenters. The van der Waals surface area contributed by atoms with Crippen molar-refractivity contribution in [3.05, 3.63) is 41.5 Å². The fraction of sp³-hybridized carbons (Fsp3) is 0.333. The Kier molecular flexibility index (Phi) is 5.79. The molecular formula is C15H18O4. The van der Waals surface area contributed by atoms with Crippen LogP contribution in [0.3, 0.4) is 0 Å². The van der Waals surface area contributed by atoms with E-state index in [0.717, 1.165) is 5.56 Å². The standard InChI is InChI=1S/C15H18O4/c1-4-18-14(16)13(15(17)19-5-2)11(3)12-9-7-6-8-10-12/h6-10H,4-5H2,1-3H3. The van der Waals surface area contributed by atoms with Crippen LogP contribution in [-0.4, -0.2) is 25.2 Å². The summed E-state index contributed by atoms with van der Waals surface area (Å²) in [7, 11) is 0. The van der Waals surface area contributed by atoms with E-state index < -0.39 is 11.9 Å². The van der Waals surface area contributed by atoms with E-state index in [-0.39, 0.29) is 18.8 Å². The van der Waals surface area contributed by atoms with E-state index in [1.165, 1.54) is 0 Å². The highest BCUT2D eigenvalue weighted by Gasteiger charge is 2.24. The maximum Gasteiger partial charge on any atom is 0.345 e. The second-order valence-corrected chi connectivity index (χ2v) is 3.81. The lowest BCUT2D eigenvalue weighted by molar-refractivity contribution is -0.146. The van der Waals surface area contributed by atoms with Crippen molar-refractivity contribution < 1.29 is 19.1 Å². The summed E-state index contributed by atoms with van der Waals surface area (Å²) >= 11 is 0. The first-order chi connectivity index (χ1) is 9.11. The summed E-state index contributed by atoms with van der Waals surface area (Å²) in [6.45, 7) is 5.52. The maximum atomic E-state index is 11.9. The van der Waals surface area contributed by atoms with Crippen LogP contribution < -0.4 is 0 Å². The van der Waals surface area contributed by atoms with E-state index >= 15 is 0 Å². The summed E-state index contributed by atoms with van der Waals surface area (Å²) in [6.07, 6.45) is 0. The Hall–Kier alpha value is -2.10. The molecule has 19 heavy (non-hydrogen) atoms. The van der Waals surface area contributed by atoms with E-state index in [1.807, 2.05) is 30.3 Å². The van der Waals surface area contributed by atoms with Crippen LogP contribution in [0.15, 0.2) is 35.9 Å². The molecule has 0 aliphatic carbocycles. The third-order valence-corrected chi connectivity index (χ3v) is 2.54. The van der Waals surface area contributed by atoms with Crippen molar-refractivity contribution in [1.82, 2.24) is 0 Å². The van der Waals surface area contributed by atoms with Gasteiger partial charge in [-0.3, -0.25) is 0 Å². The Morgan fingerprint density at radius 3 is 1.84 bits per heavy atom. The lowest BCUT2D eigenvalue weighted by Crippen LogP contribution is -2.19. The number of hydrogen-bond donors (Lipinski definition) is 0. The molecule has 0 aliphatic heterocycles. The SMILES string of the molecule is CCOC(=O)C(C(=O)OCC)=C(C)c1ccccc1. The summed E-state index contributed by atoms with van der Waals surface area (Å²) in [5.41, 5.74) is 1.30. The number of carbonyl (C=O) groups excluding carboxylic acids is 2. The van der Waals surface area contributed by atoms with Crippen molar-refractivity contribution in [2.75, 3.05) is 13.2 Å². The van der Waals surface area contributed by atoms with Crippen LogP contribution in [0.1, 0.15) is 26.3 Å². The highest BCUT2D eigenvalue weighted by molar-refractivity contribution is 6.19. The van der Waals surface area contributed by atoms with Crippen molar-refractivity contribution in [2.24, 2.45) is 0 Å². The normalized spacial score (nSPS) is 9.63. The third-order valence-electron chi connectivity index (χ3n) is 2.54. The molecule has 0 saturated carbocycles. The number of carbonyl (C=O) groups is 2. The van der Waals surface area contributed by atoms with E-state index in [4.69, 9.17) is 9.47 Å². The summed E-state index contributed by atoms with van der Waals surface area (Å²) < 4.78 is 9.83. The first-order valence-corrected chi connectivity index (χ1v) is 6.22. The quantitative estimate of drug-likeness (QED) is 0.354. The molecule has 0 N–H and O–H groups in total. The molecule has 0 fully saturated rings. The molecule has 102 valence electrons. The van der Waals surface area contributed by atoms with Gasteiger partial charge in [0.15, 0.2) is 0 Å². The smallest absolute Gasteiger partial charge is 0.345 e. The van der Waals surface area contributed by atoms with Gasteiger partial charge in [-0.2, -0.15) is 0 Å². The van der Waals surface area contributed by atoms with Crippen LogP contribution in [-0.2, 0) is 19.1 Å². The van der Waals surface area contributed by atoms with Gasteiger partial charge in [-0.05, 0) is 31.9 Å². The highest BCUT2D eigenvalue weighted by atomic mass is 16.6. The Balaban J connectivity index is 3.21. The van der Waals surface area contributed by atoms with Crippen LogP contribution in [0.2, 0.25) is 0 Å². The molecule has 0 heterocycles. The Morgan fingerprint density at radius 2 is 1.42 bits per heavy atom. The number of esters is 2. The molecule has 4 nitrogen and oxygen atoms in total. The van der Waals surface area contributed by atoms with Crippen LogP contribution in [0.25, 0.3) is 5.57 Å². The van der Waals surface area contributed by atoms with Gasteiger partial charge in [-0.15, -0.1) is 0 Å². The molecule has 0 aliphatic rings. The summed E-state index contributed by atoms with van der Waals surface area (Å²) in [4.78, 5) is 23.8. The van der Waals surface area contributed by atoms with E-state index in [1.54, 1.807) is 20.8 Å². The number of ether oxygens (including phenoxy) is 2. The first-order valence-electron chi connectivity index (χ1n) is 6.22. The Bertz CT molecular complexity index is 454. The predicted octanol–water partition coefficient (Wildman–Crippen LogP) is 2.59. The molecule has 1 rings (SSSR count). The van der Waals surface area contributed by atoms with Crippen molar-refractivity contribution in [2.45, 2.75) is 20.8 Å². The zero-order valence-corrected chi connectivity index (χ0v) is 11.4. The number of hydrogen-bond acceptors (Lipinski definition) is 4. The Morgan fingerprint density at radius 1 is 0.947 bits per heavy atom. The molecule has 0 aromatic heterocycles. The van der Waals surface area contributed by atoms with Crippen molar-refractivity contribution in [3.8, 4) is 0 Å². The van der Waals surface area contributed by atoms with Crippen molar-refractivity contribution in [3.63, 3.8) is 0 Å². The van der Waals surface area contributed by atoms with E-state index in [0.29, 0.717) is 5.57 Å². The van der Waals surface area contributed by atoms with Gasteiger partial charge < -0.3 is 9.47 Å². The minimum absolute atomic E-state index is 0.0464. The van der Waals surface area contributed by atoms with Gasteiger partial charge in [-0.25, -0.2) is 9.59 Å². The molecule has 1 aromatic rings. The molecule has 0 saturated heterocycles. The molecule has 0 spiro atoms. The van der Waals surface area contributed by atoms with Gasteiger partial charge in [0.2, 0.25) is 0 Å². The third kappa shape index (κ3) is 3.95. The zero-order valence-electron chi connectivity index (χ0n) is 11.4. The second kappa shape index (κ2) is 7.36. The van der Waals surface area contributed by atoms with Gasteiger partial charge >= 0.3 is 11.9 Å². The number of allylic oxidation sites excluding steroid dienone is 1. The maximum absolute atomic E-state index is 11.9. The average molecular weight is 262 g/mol. The van der Waals surface area contributed by atoms with Crippen molar-refractivity contribution in [1.29, 1.82) is 0 Å². The topological polar surface area (TPSA) is 52.6 Å². The van der Waals surface area contributed by atoms with Gasteiger partial charge in [0.1, 0.15) is 5.57 Å². The van der Waals surface area contributed by atoms with Crippen LogP contribution in [0.4, 0.5) is 0 Å². The summed E-state index contributed by atoms with van der Waals surface area (Å²) in [6, 6.07) is 9.20. The molecule has 0 bridgehead atoms. The van der Waals surface area contributed by atoms with Gasteiger partial charge in [0.05, 0.1) is 13.2 Å². The molecule has 1 aromatic carbocycles. The minimum atomic E-state index is -0.651. The fourth-order valence-electron chi connectivity index (χ4n) is 1.63. The van der Waals surface area contributed by atoms with Crippen LogP contribution in [0, 0.1) is 0 Å². The highest BCUT2D eigenvalue weighted by Crippen LogP contribution is 2.20. The lowest BCUT2D eigenvalue weighted by Gasteiger charge is -2.10. The zero-order chi connectivity index (χ0) is 14.3. The summed E-state index contributed by atoms with van der Waals surface area (Å²) in [5, 5.41) is 0. The number of rotatable bonds is 5. The molecule has 4 heteroatoms. The first kappa shape index (κ1) is 15.0. The molecule has 0 atom stereocenters. The summed E-state index contributed by atoms with van der Waals surface area (Å²) in [5.74, 6) is -1.30. The Labute approximate surface area is 113 Å². The molecule has 0 radical (unpaired) electrons. The monoisotopic (exact) mass is 262 g/mol.